The van der Waals surface area contributed by atoms with Crippen LogP contribution in [0.15, 0.2) is 250 Å². The number of aromatic nitrogens is 6. The first kappa shape index (κ1) is 84.4. The molecule has 0 spiro atoms. The molecule has 6 N–H and O–H groups in total. The molecule has 2 aliphatic rings. The first-order valence-electron chi connectivity index (χ1n) is 34.7. The van der Waals surface area contributed by atoms with Crippen LogP contribution in [0.2, 0.25) is 0 Å². The number of carbonyl (C=O) groups is 1. The molecule has 3 atom stereocenters. The number of nitriles is 3. The van der Waals surface area contributed by atoms with Crippen LogP contribution in [-0.4, -0.2) is 142 Å². The maximum absolute atomic E-state index is 14.0. The average molecular weight is 1660 g/mol. The van der Waals surface area contributed by atoms with E-state index in [1.54, 1.807) is 101 Å². The van der Waals surface area contributed by atoms with Crippen LogP contribution in [-0.2, 0) is 111 Å². The zero-order valence-corrected chi connectivity index (χ0v) is 66.7. The summed E-state index contributed by atoms with van der Waals surface area (Å²) < 4.78 is 145. The monoisotopic (exact) mass is 1660 g/mol. The van der Waals surface area contributed by atoms with Gasteiger partial charge in [-0.1, -0.05) is 115 Å². The minimum Gasteiger partial charge on any atom is -0.398 e. The number of sulfonamides is 3. The van der Waals surface area contributed by atoms with Crippen LogP contribution in [0.3, 0.4) is 0 Å². The smallest absolute Gasteiger partial charge is 0.264 e. The third-order valence-electron chi connectivity index (χ3n) is 17.7. The highest BCUT2D eigenvalue weighted by atomic mass is 32.3. The zero-order valence-electron chi connectivity index (χ0n) is 61.0. The molecule has 0 fully saturated rings. The number of thiophene rings is 2. The lowest BCUT2D eigenvalue weighted by Crippen LogP contribution is -2.46. The van der Waals surface area contributed by atoms with Crippen LogP contribution in [0.1, 0.15) is 78.4 Å². The normalized spacial score (nSPS) is 14.2. The number of aldehydes is 1. The van der Waals surface area contributed by atoms with Crippen LogP contribution < -0.4 is 16.0 Å². The molecule has 6 heterocycles. The molecule has 1 aliphatic heterocycles. The van der Waals surface area contributed by atoms with Crippen molar-refractivity contribution in [3.63, 3.8) is 0 Å². The summed E-state index contributed by atoms with van der Waals surface area (Å²) in [5.41, 5.74) is 16.0. The van der Waals surface area contributed by atoms with E-state index in [2.05, 4.69) is 52.3 Å². The molecule has 1 aliphatic carbocycles. The van der Waals surface area contributed by atoms with E-state index in [4.69, 9.17) is 14.1 Å². The highest BCUT2D eigenvalue weighted by molar-refractivity contribution is 7.93. The van der Waals surface area contributed by atoms with E-state index in [1.807, 2.05) is 115 Å². The maximum atomic E-state index is 14.0. The van der Waals surface area contributed by atoms with Gasteiger partial charge in [0.05, 0.1) is 133 Å². The summed E-state index contributed by atoms with van der Waals surface area (Å²) in [6, 6.07) is 54.0. The molecular weight excluding hydrogens is 1580 g/mol. The number of allylic oxidation sites excluding steroid dienone is 4. The predicted octanol–water partition coefficient (Wildman–Crippen LogP) is 10.8. The summed E-state index contributed by atoms with van der Waals surface area (Å²) in [4.78, 5) is 32.9. The van der Waals surface area contributed by atoms with Gasteiger partial charge in [0.2, 0.25) is 10.0 Å². The van der Waals surface area contributed by atoms with Crippen molar-refractivity contribution in [2.45, 2.75) is 85.0 Å². The quantitative estimate of drug-likeness (QED) is 0.0159. The van der Waals surface area contributed by atoms with E-state index in [1.165, 1.54) is 39.3 Å². The lowest BCUT2D eigenvalue weighted by Gasteiger charge is -2.32. The number of hydrogen-bond acceptors (Lipinski definition) is 24. The Bertz CT molecular complexity index is 5750. The van der Waals surface area contributed by atoms with E-state index in [0.29, 0.717) is 88.6 Å². The molecule has 6 aromatic carbocycles. The number of aromatic amines is 3. The summed E-state index contributed by atoms with van der Waals surface area (Å²) >= 11 is 2.12. The van der Waals surface area contributed by atoms with Crippen molar-refractivity contribution >= 4 is 96.3 Å². The fraction of sp³-hybridized carbons (Fsp3) is 0.218. The molecule has 0 unspecified atom stereocenters. The molecule has 11 aromatic rings. The van der Waals surface area contributed by atoms with Crippen LogP contribution in [0.5, 0.6) is 0 Å². The van der Waals surface area contributed by atoms with Crippen molar-refractivity contribution in [3.05, 3.63) is 308 Å². The third-order valence-corrected chi connectivity index (χ3v) is 27.3. The maximum Gasteiger partial charge on any atom is 0.264 e. The average Bonchev–Trinajstić information content (AvgIpc) is 1.70. The summed E-state index contributed by atoms with van der Waals surface area (Å²) in [5.74, 6) is 0. The fourth-order valence-corrected chi connectivity index (χ4v) is 20.1. The fourth-order valence-electron chi connectivity index (χ4n) is 12.2. The van der Waals surface area contributed by atoms with Gasteiger partial charge in [0.25, 0.3) is 40.3 Å². The molecule has 0 bridgehead atoms. The lowest BCUT2D eigenvalue weighted by atomic mass is 10.0. The van der Waals surface area contributed by atoms with E-state index < -0.39 is 62.4 Å². The Balaban J connectivity index is 0.000000172. The van der Waals surface area contributed by atoms with Crippen molar-refractivity contribution in [2.24, 2.45) is 0 Å². The lowest BCUT2D eigenvalue weighted by molar-refractivity contribution is 0.111. The minimum absolute atomic E-state index is 0.106. The molecule has 5 aromatic heterocycles. The molecule has 113 heavy (non-hydrogen) atoms. The number of hydrogen-bond donors (Lipinski definition) is 5. The van der Waals surface area contributed by atoms with Crippen LogP contribution in [0.4, 0.5) is 17.1 Å². The molecule has 0 saturated heterocycles. The van der Waals surface area contributed by atoms with Crippen molar-refractivity contribution in [1.29, 1.82) is 15.8 Å². The van der Waals surface area contributed by atoms with Gasteiger partial charge in [0.15, 0.2) is 6.29 Å². The van der Waals surface area contributed by atoms with Gasteiger partial charge in [-0.25, -0.2) is 40.2 Å². The Morgan fingerprint density at radius 3 is 1.59 bits per heavy atom. The number of fused-ring (bicyclic) bond motifs is 1. The van der Waals surface area contributed by atoms with Gasteiger partial charge in [-0.05, 0) is 136 Å². The molecule has 13 rings (SSSR count). The third kappa shape index (κ3) is 24.0. The topological polar surface area (TPSA) is 415 Å². The highest BCUT2D eigenvalue weighted by Crippen LogP contribution is 2.37. The van der Waals surface area contributed by atoms with Crippen molar-refractivity contribution < 1.29 is 55.2 Å². The van der Waals surface area contributed by atoms with Gasteiger partial charge in [-0.2, -0.15) is 45.5 Å². The zero-order chi connectivity index (χ0) is 80.6. The van der Waals surface area contributed by atoms with E-state index in [0.717, 1.165) is 74.5 Å². The van der Waals surface area contributed by atoms with E-state index in [9.17, 15) is 62.7 Å². The summed E-state index contributed by atoms with van der Waals surface area (Å²) in [7, 11) is -19.5. The largest absolute Gasteiger partial charge is 0.398 e. The van der Waals surface area contributed by atoms with Crippen LogP contribution in [0, 0.1) is 34.0 Å². The number of nitrogens with two attached hydrogens (primary N) is 1. The number of nitrogen functional groups attached to an aromatic ring is 1. The van der Waals surface area contributed by atoms with Crippen LogP contribution >= 0.6 is 22.7 Å². The number of H-pyrrole nitrogens is 3. The number of nitrogens with zero attached hydrogens (tertiary/aromatic N) is 10. The molecule has 0 amide bonds. The Kier molecular flexibility index (Phi) is 29.4. The number of imidazole rings is 3. The molecule has 0 radical (unpaired) electrons. The Hall–Kier alpha value is -11.1. The molecule has 586 valence electrons. The first-order chi connectivity index (χ1) is 54.2. The second-order valence-corrected chi connectivity index (χ2v) is 37.1. The van der Waals surface area contributed by atoms with Crippen molar-refractivity contribution in [2.75, 3.05) is 48.2 Å². The van der Waals surface area contributed by atoms with Crippen LogP contribution in [0.25, 0.3) is 0 Å². The number of anilines is 3. The highest BCUT2D eigenvalue weighted by Gasteiger charge is 2.40. The number of carbonyl (C=O) groups excluding carboxylic acids is 1. The predicted molar refractivity (Wildman–Crippen MR) is 431 cm³/mol. The SMILES string of the molecule is CS(=O)(=O)OC[C@@H](Cc1ccccc1)N(Cc1cc(C#N)ccc1N)S(=O)(=O)c1cccs1.CS(=O)(=O)OC[C@@H](Cc1ccccc1)N(Cc1cc(C#N)ccc1NCc1cnc[nH]1)S(=O)(=O)c1cccs1.N#Cc1ccc2c(c1)CN(S(=O)(=O)C1=CC=CC1)[C@H](Cc1ccccc1)CN2Cc1cnc[nH]1.O=Cc1cnc[nH]1. The van der Waals surface area contributed by atoms with Crippen molar-refractivity contribution in [1.82, 2.24) is 42.8 Å². The molecule has 0 saturated carbocycles. The van der Waals surface area contributed by atoms with Gasteiger partial charge in [0.1, 0.15) is 8.42 Å². The summed E-state index contributed by atoms with van der Waals surface area (Å²) in [5, 5.41) is 34.9. The summed E-state index contributed by atoms with van der Waals surface area (Å²) in [6.07, 6.45) is 18.9. The number of rotatable bonds is 30. The Morgan fingerprint density at radius 1 is 0.611 bits per heavy atom. The number of nitrogens with one attached hydrogen (secondary N) is 4. The Labute approximate surface area is 665 Å². The second-order valence-electron chi connectivity index (χ2n) is 25.8. The first-order valence-corrected chi connectivity index (χ1v) is 44.4. The van der Waals surface area contributed by atoms with E-state index in [-0.39, 0.29) is 60.1 Å². The summed E-state index contributed by atoms with van der Waals surface area (Å²) in [6.45, 7) is 0.610. The van der Waals surface area contributed by atoms with Gasteiger partial charge in [-0.3, -0.25) is 13.2 Å². The Morgan fingerprint density at radius 2 is 1.12 bits per heavy atom. The second kappa shape index (κ2) is 39.4. The van der Waals surface area contributed by atoms with Gasteiger partial charge in [-0.15, -0.1) is 22.7 Å². The molecule has 28 nitrogen and oxygen atoms in total. The standard InChI is InChI=1S/C26H27N5O5S3.C26H25N5O2S.C22H23N3O5S3.C4H4N2O/c1-38(32,33)36-18-24(13-20-6-3-2-4-7-20)31(39(34,35)26-8-5-11-37-26)17-22-12-21(14-27)9-10-25(22)29-16-23-15-28-19-30-23;27-14-21-10-11-26-22(12-21)16-31(34(32,33)25-8-4-5-9-25)24(13-20-6-2-1-3-7-20)18-30(26)17-23-15-28-19-29-23;1-32(26,27)30-16-20(13-17-6-3-2-4-7-17)25(33(28,29)22-8-5-11-31-22)15-19-12-18(14-23)9-10-21(19)24;7-2-4-1-5-3-6-4/h2-12,15,19,24,29H,13,16-18H2,1H3,(H,28,30);1-8,10-12,15,19,24H,9,13,16-18H2,(H,28,29);2-12,20H,13,15-16,24H2,1H3;1-3H,(H,5,6)/t2*24-;20-;/m111./s1. The van der Waals surface area contributed by atoms with Gasteiger partial charge < -0.3 is 30.9 Å². The molecule has 35 heteroatoms. The van der Waals surface area contributed by atoms with E-state index >= 15 is 0 Å². The number of benzene rings is 6. The minimum atomic E-state index is -4.09. The molecular formula is C78H79N15O13S7. The van der Waals surface area contributed by atoms with Crippen molar-refractivity contribution in [3.8, 4) is 18.2 Å². The van der Waals surface area contributed by atoms with Gasteiger partial charge >= 0.3 is 0 Å². The van der Waals surface area contributed by atoms with Gasteiger partial charge in [0, 0.05) is 68.1 Å².